The van der Waals surface area contributed by atoms with Crippen LogP contribution in [0.3, 0.4) is 0 Å². The predicted molar refractivity (Wildman–Crippen MR) is 80.9 cm³/mol. The molecule has 2 amide bonds. The molecule has 1 aromatic rings. The summed E-state index contributed by atoms with van der Waals surface area (Å²) in [6.07, 6.45) is 0.489. The van der Waals surface area contributed by atoms with Crippen molar-refractivity contribution in [3.63, 3.8) is 0 Å². The number of halogens is 1. The van der Waals surface area contributed by atoms with E-state index in [-0.39, 0.29) is 30.8 Å². The van der Waals surface area contributed by atoms with Gasteiger partial charge in [-0.3, -0.25) is 9.59 Å². The molecule has 7 nitrogen and oxygen atoms in total. The highest BCUT2D eigenvalue weighted by atomic mass is 35.5. The predicted octanol–water partition coefficient (Wildman–Crippen LogP) is 0.137. The van der Waals surface area contributed by atoms with Crippen LogP contribution in [0.4, 0.5) is 5.00 Å². The highest BCUT2D eigenvalue weighted by Crippen LogP contribution is 2.31. The first-order chi connectivity index (χ1) is 9.58. The molecule has 1 saturated heterocycles. The van der Waals surface area contributed by atoms with Crippen LogP contribution < -0.4 is 16.0 Å². The zero-order valence-electron chi connectivity index (χ0n) is 11.3. The second kappa shape index (κ2) is 7.39. The summed E-state index contributed by atoms with van der Waals surface area (Å²) in [6.45, 7) is 0.287. The molecule has 21 heavy (non-hydrogen) atoms. The Balaban J connectivity index is 0.00000220. The van der Waals surface area contributed by atoms with Crippen molar-refractivity contribution in [2.24, 2.45) is 5.73 Å². The molecule has 1 aromatic heterocycles. The summed E-state index contributed by atoms with van der Waals surface area (Å²) in [5.74, 6) is -1.09. The number of carbonyl (C=O) groups excluding carboxylic acids is 3. The number of nitrogens with two attached hydrogens (primary N) is 1. The first kappa shape index (κ1) is 17.4. The number of hydrogen-bond donors (Lipinski definition) is 2. The van der Waals surface area contributed by atoms with Gasteiger partial charge in [0.15, 0.2) is 0 Å². The van der Waals surface area contributed by atoms with E-state index in [1.54, 1.807) is 11.4 Å². The van der Waals surface area contributed by atoms with Crippen molar-refractivity contribution >= 4 is 46.5 Å². The number of amides is 2. The molecule has 1 atom stereocenters. The van der Waals surface area contributed by atoms with Crippen molar-refractivity contribution < 1.29 is 19.1 Å². The second-order valence-electron chi connectivity index (χ2n) is 4.23. The number of thiophene rings is 1. The van der Waals surface area contributed by atoms with E-state index in [9.17, 15) is 14.4 Å². The Morgan fingerprint density at radius 2 is 2.29 bits per heavy atom. The molecular formula is C12H16ClN3O4S. The van der Waals surface area contributed by atoms with Crippen LogP contribution in [0.25, 0.3) is 0 Å². The van der Waals surface area contributed by atoms with Crippen LogP contribution in [0, 0.1) is 0 Å². The van der Waals surface area contributed by atoms with E-state index in [2.05, 4.69) is 10.1 Å². The maximum absolute atomic E-state index is 12.2. The molecule has 2 heterocycles. The SMILES string of the molecule is COC(=O)c1ccsc1N1CCC(NC(=O)CN)C1=O.Cl. The molecule has 1 aliphatic rings. The third kappa shape index (κ3) is 3.52. The minimum atomic E-state index is -0.585. The Kier molecular flexibility index (Phi) is 6.13. The monoisotopic (exact) mass is 333 g/mol. The van der Waals surface area contributed by atoms with E-state index < -0.39 is 12.0 Å². The van der Waals surface area contributed by atoms with E-state index in [4.69, 9.17) is 5.73 Å². The third-order valence-electron chi connectivity index (χ3n) is 3.02. The van der Waals surface area contributed by atoms with E-state index in [1.165, 1.54) is 23.3 Å². The summed E-state index contributed by atoms with van der Waals surface area (Å²) in [4.78, 5) is 36.6. The Morgan fingerprint density at radius 1 is 1.57 bits per heavy atom. The fourth-order valence-corrected chi connectivity index (χ4v) is 2.96. The molecule has 0 aliphatic carbocycles. The van der Waals surface area contributed by atoms with Gasteiger partial charge in [-0.1, -0.05) is 0 Å². The van der Waals surface area contributed by atoms with Gasteiger partial charge in [-0.2, -0.15) is 0 Å². The van der Waals surface area contributed by atoms with Gasteiger partial charge in [0.25, 0.3) is 0 Å². The fourth-order valence-electron chi connectivity index (χ4n) is 2.04. The normalized spacial score (nSPS) is 17.3. The van der Waals surface area contributed by atoms with Crippen LogP contribution >= 0.6 is 23.7 Å². The zero-order chi connectivity index (χ0) is 14.7. The van der Waals surface area contributed by atoms with Crippen molar-refractivity contribution in [1.82, 2.24) is 5.32 Å². The molecule has 1 fully saturated rings. The minimum absolute atomic E-state index is 0. The van der Waals surface area contributed by atoms with Gasteiger partial charge in [0.1, 0.15) is 11.0 Å². The van der Waals surface area contributed by atoms with Gasteiger partial charge in [0.05, 0.1) is 19.2 Å². The Morgan fingerprint density at radius 3 is 2.90 bits per heavy atom. The lowest BCUT2D eigenvalue weighted by Crippen LogP contribution is -2.43. The Hall–Kier alpha value is -1.64. The quantitative estimate of drug-likeness (QED) is 0.763. The van der Waals surface area contributed by atoms with Crippen molar-refractivity contribution in [3.8, 4) is 0 Å². The van der Waals surface area contributed by atoms with E-state index in [0.717, 1.165) is 0 Å². The molecule has 3 N–H and O–H groups in total. The third-order valence-corrected chi connectivity index (χ3v) is 3.96. The number of nitrogens with one attached hydrogen (secondary N) is 1. The molecule has 0 bridgehead atoms. The molecule has 0 aromatic carbocycles. The van der Waals surface area contributed by atoms with Gasteiger partial charge in [-0.05, 0) is 17.9 Å². The maximum Gasteiger partial charge on any atom is 0.340 e. The van der Waals surface area contributed by atoms with Crippen LogP contribution in [-0.4, -0.2) is 44.0 Å². The molecule has 0 saturated carbocycles. The van der Waals surface area contributed by atoms with Crippen LogP contribution in [0.1, 0.15) is 16.8 Å². The smallest absolute Gasteiger partial charge is 0.340 e. The van der Waals surface area contributed by atoms with Crippen LogP contribution in [-0.2, 0) is 14.3 Å². The highest BCUT2D eigenvalue weighted by Gasteiger charge is 2.35. The number of methoxy groups -OCH3 is 1. The average Bonchev–Trinajstić information content (AvgIpc) is 3.05. The van der Waals surface area contributed by atoms with Crippen LogP contribution in [0.2, 0.25) is 0 Å². The molecule has 0 spiro atoms. The maximum atomic E-state index is 12.2. The Bertz CT molecular complexity index is 548. The number of anilines is 1. The van der Waals surface area contributed by atoms with Crippen molar-refractivity contribution in [2.75, 3.05) is 25.1 Å². The van der Waals surface area contributed by atoms with Gasteiger partial charge in [-0.15, -0.1) is 23.7 Å². The molecule has 116 valence electrons. The lowest BCUT2D eigenvalue weighted by atomic mass is 10.2. The summed E-state index contributed by atoms with van der Waals surface area (Å²) in [5.41, 5.74) is 5.57. The van der Waals surface area contributed by atoms with E-state index >= 15 is 0 Å². The molecule has 1 unspecified atom stereocenters. The zero-order valence-corrected chi connectivity index (χ0v) is 13.0. The largest absolute Gasteiger partial charge is 0.465 e. The van der Waals surface area contributed by atoms with E-state index in [0.29, 0.717) is 23.5 Å². The van der Waals surface area contributed by atoms with Crippen LogP contribution in [0.5, 0.6) is 0 Å². The van der Waals surface area contributed by atoms with Crippen molar-refractivity contribution in [3.05, 3.63) is 17.0 Å². The number of carbonyl (C=O) groups is 3. The number of ether oxygens (including phenoxy) is 1. The number of rotatable bonds is 4. The van der Waals surface area contributed by atoms with Gasteiger partial charge in [0, 0.05) is 6.54 Å². The molecule has 2 rings (SSSR count). The standard InChI is InChI=1S/C12H15N3O4S.ClH/c1-19-12(18)7-3-5-20-11(7)15-4-2-8(10(15)17)14-9(16)6-13;/h3,5,8H,2,4,6,13H2,1H3,(H,14,16);1H. The van der Waals surface area contributed by atoms with Crippen molar-refractivity contribution in [1.29, 1.82) is 0 Å². The molecule has 9 heteroatoms. The second-order valence-corrected chi connectivity index (χ2v) is 5.13. The first-order valence-corrected chi connectivity index (χ1v) is 6.93. The summed E-state index contributed by atoms with van der Waals surface area (Å²) in [7, 11) is 1.29. The summed E-state index contributed by atoms with van der Waals surface area (Å²) in [5, 5.41) is 4.84. The highest BCUT2D eigenvalue weighted by molar-refractivity contribution is 7.14. The molecule has 0 radical (unpaired) electrons. The number of nitrogens with zero attached hydrogens (tertiary/aromatic N) is 1. The van der Waals surface area contributed by atoms with Crippen molar-refractivity contribution in [2.45, 2.75) is 12.5 Å². The van der Waals surface area contributed by atoms with Crippen LogP contribution in [0.15, 0.2) is 11.4 Å². The van der Waals surface area contributed by atoms with Gasteiger partial charge < -0.3 is 20.7 Å². The Labute approximate surface area is 131 Å². The van der Waals surface area contributed by atoms with Gasteiger partial charge in [-0.25, -0.2) is 4.79 Å². The summed E-state index contributed by atoms with van der Waals surface area (Å²) >= 11 is 1.29. The fraction of sp³-hybridized carbons (Fsp3) is 0.417. The topological polar surface area (TPSA) is 102 Å². The molecule has 1 aliphatic heterocycles. The lowest BCUT2D eigenvalue weighted by molar-refractivity contribution is -0.125. The summed E-state index contributed by atoms with van der Waals surface area (Å²) in [6, 6.07) is 1.03. The first-order valence-electron chi connectivity index (χ1n) is 6.05. The number of hydrogen-bond acceptors (Lipinski definition) is 6. The molecular weight excluding hydrogens is 318 g/mol. The van der Waals surface area contributed by atoms with E-state index in [1.807, 2.05) is 0 Å². The number of esters is 1. The lowest BCUT2D eigenvalue weighted by Gasteiger charge is -2.16. The minimum Gasteiger partial charge on any atom is -0.465 e. The average molecular weight is 334 g/mol. The van der Waals surface area contributed by atoms with Gasteiger partial charge >= 0.3 is 5.97 Å². The van der Waals surface area contributed by atoms with Gasteiger partial charge in [0.2, 0.25) is 11.8 Å². The summed E-state index contributed by atoms with van der Waals surface area (Å²) < 4.78 is 4.68.